The van der Waals surface area contributed by atoms with Crippen LogP contribution in [0, 0.1) is 5.92 Å². The maximum Gasteiger partial charge on any atom is 0.261 e. The third-order valence-corrected chi connectivity index (χ3v) is 6.30. The van der Waals surface area contributed by atoms with Gasteiger partial charge in [0.25, 0.3) is 5.91 Å². The lowest BCUT2D eigenvalue weighted by Gasteiger charge is -2.30. The lowest BCUT2D eigenvalue weighted by Crippen LogP contribution is -2.47. The van der Waals surface area contributed by atoms with Crippen LogP contribution >= 0.6 is 11.3 Å². The van der Waals surface area contributed by atoms with E-state index in [1.165, 1.54) is 43.4 Å². The van der Waals surface area contributed by atoms with E-state index in [4.69, 9.17) is 0 Å². The summed E-state index contributed by atoms with van der Waals surface area (Å²) >= 11 is 1.45. The van der Waals surface area contributed by atoms with Gasteiger partial charge in [0.15, 0.2) is 0 Å². The minimum atomic E-state index is -0.132. The molecule has 1 saturated heterocycles. The second kappa shape index (κ2) is 9.00. The van der Waals surface area contributed by atoms with Crippen molar-refractivity contribution in [3.05, 3.63) is 22.4 Å². The molecule has 1 aliphatic heterocycles. The maximum absolute atomic E-state index is 12.7. The molecule has 1 aromatic heterocycles. The van der Waals surface area contributed by atoms with E-state index >= 15 is 0 Å². The van der Waals surface area contributed by atoms with Crippen LogP contribution in [0.1, 0.15) is 62.0 Å². The molecule has 2 aliphatic rings. The van der Waals surface area contributed by atoms with Gasteiger partial charge in [-0.3, -0.25) is 14.5 Å². The zero-order valence-corrected chi connectivity index (χ0v) is 16.7. The molecular weight excluding hydrogens is 346 g/mol. The van der Waals surface area contributed by atoms with Crippen molar-refractivity contribution in [3.63, 3.8) is 0 Å². The molecule has 2 fully saturated rings. The molecule has 0 radical (unpaired) electrons. The average molecular weight is 378 g/mol. The Morgan fingerprint density at radius 2 is 2.04 bits per heavy atom. The molecule has 2 heterocycles. The van der Waals surface area contributed by atoms with E-state index < -0.39 is 0 Å². The second-order valence-corrected chi connectivity index (χ2v) is 8.97. The smallest absolute Gasteiger partial charge is 0.261 e. The second-order valence-electron chi connectivity index (χ2n) is 8.02. The topological polar surface area (TPSA) is 61.4 Å². The van der Waals surface area contributed by atoms with E-state index in [1.54, 1.807) is 0 Å². The summed E-state index contributed by atoms with van der Waals surface area (Å²) in [7, 11) is 0. The summed E-state index contributed by atoms with van der Waals surface area (Å²) in [5.41, 5.74) is 0. The van der Waals surface area contributed by atoms with E-state index in [-0.39, 0.29) is 29.9 Å². The van der Waals surface area contributed by atoms with Crippen LogP contribution in [0.5, 0.6) is 0 Å². The Bertz CT molecular complexity index is 596. The van der Waals surface area contributed by atoms with Crippen molar-refractivity contribution in [2.45, 2.75) is 70.5 Å². The minimum absolute atomic E-state index is 0.0208. The number of amides is 2. The van der Waals surface area contributed by atoms with E-state index in [9.17, 15) is 9.59 Å². The van der Waals surface area contributed by atoms with E-state index in [1.807, 2.05) is 31.4 Å². The van der Waals surface area contributed by atoms with Crippen LogP contribution in [0.25, 0.3) is 0 Å². The molecule has 144 valence electrons. The lowest BCUT2D eigenvalue weighted by atomic mass is 9.89. The zero-order chi connectivity index (χ0) is 18.5. The summed E-state index contributed by atoms with van der Waals surface area (Å²) in [5, 5.41) is 8.11. The maximum atomic E-state index is 12.7. The summed E-state index contributed by atoms with van der Waals surface area (Å²) < 4.78 is 0. The van der Waals surface area contributed by atoms with Gasteiger partial charge < -0.3 is 10.6 Å². The predicted octanol–water partition coefficient (Wildman–Crippen LogP) is 3.03. The first-order chi connectivity index (χ1) is 12.5. The highest BCUT2D eigenvalue weighted by Gasteiger charge is 2.38. The number of hydrogen-bond donors (Lipinski definition) is 2. The molecule has 1 saturated carbocycles. The molecule has 1 aromatic rings. The quantitative estimate of drug-likeness (QED) is 0.801. The van der Waals surface area contributed by atoms with Crippen LogP contribution in [0.4, 0.5) is 0 Å². The fourth-order valence-electron chi connectivity index (χ4n) is 4.23. The summed E-state index contributed by atoms with van der Waals surface area (Å²) in [6.07, 6.45) is 7.18. The molecule has 2 atom stereocenters. The number of carbonyl (C=O) groups excluding carboxylic acids is 2. The number of nitrogens with zero attached hydrogens (tertiary/aromatic N) is 1. The molecule has 0 unspecified atom stereocenters. The number of hydrogen-bond acceptors (Lipinski definition) is 4. The van der Waals surface area contributed by atoms with Crippen LogP contribution in [-0.2, 0) is 4.79 Å². The molecule has 6 heteroatoms. The monoisotopic (exact) mass is 377 g/mol. The van der Waals surface area contributed by atoms with Gasteiger partial charge in [0, 0.05) is 25.2 Å². The fourth-order valence-corrected chi connectivity index (χ4v) is 4.86. The van der Waals surface area contributed by atoms with E-state index in [2.05, 4.69) is 15.5 Å². The van der Waals surface area contributed by atoms with Crippen molar-refractivity contribution in [1.82, 2.24) is 15.5 Å². The Morgan fingerprint density at radius 1 is 1.27 bits per heavy atom. The van der Waals surface area contributed by atoms with Crippen LogP contribution in [0.2, 0.25) is 0 Å². The third-order valence-electron chi connectivity index (χ3n) is 5.43. The number of thiophene rings is 1. The standard InChI is InChI=1S/C20H31N3O2S/c1-14(2)21-19(24)17-11-16(22-20(25)18-9-6-10-26-18)13-23(17)12-15-7-4-3-5-8-15/h6,9-10,14-17H,3-5,7-8,11-13H2,1-2H3,(H,21,24)(H,22,25)/t16-,17+/m1/s1. The molecule has 0 bridgehead atoms. The summed E-state index contributed by atoms with van der Waals surface area (Å²) in [6, 6.07) is 3.78. The Morgan fingerprint density at radius 3 is 2.69 bits per heavy atom. The first-order valence-corrected chi connectivity index (χ1v) is 10.8. The SMILES string of the molecule is CC(C)NC(=O)[C@@H]1C[C@@H](NC(=O)c2cccs2)CN1CC1CCCCC1. The molecular formula is C20H31N3O2S. The van der Waals surface area contributed by atoms with Gasteiger partial charge in [-0.15, -0.1) is 11.3 Å². The molecule has 0 spiro atoms. The third kappa shape index (κ3) is 5.07. The van der Waals surface area contributed by atoms with Crippen molar-refractivity contribution in [1.29, 1.82) is 0 Å². The highest BCUT2D eigenvalue weighted by molar-refractivity contribution is 7.12. The van der Waals surface area contributed by atoms with Gasteiger partial charge in [0.05, 0.1) is 10.9 Å². The normalized spacial score (nSPS) is 24.7. The first kappa shape index (κ1) is 19.4. The van der Waals surface area contributed by atoms with Gasteiger partial charge in [0.1, 0.15) is 0 Å². The molecule has 0 aromatic carbocycles. The van der Waals surface area contributed by atoms with Gasteiger partial charge in [-0.25, -0.2) is 0 Å². The Hall–Kier alpha value is -1.40. The van der Waals surface area contributed by atoms with Gasteiger partial charge in [0.2, 0.25) is 5.91 Å². The fraction of sp³-hybridized carbons (Fsp3) is 0.700. The van der Waals surface area contributed by atoms with Crippen molar-refractivity contribution in [3.8, 4) is 0 Å². The number of rotatable bonds is 6. The predicted molar refractivity (Wildman–Crippen MR) is 105 cm³/mol. The first-order valence-electron chi connectivity index (χ1n) is 9.91. The number of nitrogens with one attached hydrogen (secondary N) is 2. The highest BCUT2D eigenvalue weighted by Crippen LogP contribution is 2.28. The average Bonchev–Trinajstić information content (AvgIpc) is 3.25. The lowest BCUT2D eigenvalue weighted by molar-refractivity contribution is -0.126. The van der Waals surface area contributed by atoms with Gasteiger partial charge in [-0.05, 0) is 50.5 Å². The molecule has 2 amide bonds. The Balaban J connectivity index is 1.63. The van der Waals surface area contributed by atoms with Crippen molar-refractivity contribution >= 4 is 23.2 Å². The molecule has 26 heavy (non-hydrogen) atoms. The summed E-state index contributed by atoms with van der Waals surface area (Å²) in [5.74, 6) is 0.765. The highest BCUT2D eigenvalue weighted by atomic mass is 32.1. The van der Waals surface area contributed by atoms with Crippen molar-refractivity contribution in [2.24, 2.45) is 5.92 Å². The van der Waals surface area contributed by atoms with Gasteiger partial charge in [-0.1, -0.05) is 25.3 Å². The minimum Gasteiger partial charge on any atom is -0.353 e. The zero-order valence-electron chi connectivity index (χ0n) is 15.9. The van der Waals surface area contributed by atoms with Gasteiger partial charge >= 0.3 is 0 Å². The molecule has 2 N–H and O–H groups in total. The molecule has 5 nitrogen and oxygen atoms in total. The number of carbonyl (C=O) groups is 2. The largest absolute Gasteiger partial charge is 0.353 e. The van der Waals surface area contributed by atoms with Crippen LogP contribution < -0.4 is 10.6 Å². The summed E-state index contributed by atoms with van der Waals surface area (Å²) in [6.45, 7) is 5.73. The van der Waals surface area contributed by atoms with Gasteiger partial charge in [-0.2, -0.15) is 0 Å². The van der Waals surface area contributed by atoms with Crippen molar-refractivity contribution in [2.75, 3.05) is 13.1 Å². The Labute approximate surface area is 160 Å². The van der Waals surface area contributed by atoms with E-state index in [0.717, 1.165) is 18.0 Å². The molecule has 1 aliphatic carbocycles. The molecule has 3 rings (SSSR count). The Kier molecular flexibility index (Phi) is 6.70. The van der Waals surface area contributed by atoms with Crippen LogP contribution in [0.15, 0.2) is 17.5 Å². The van der Waals surface area contributed by atoms with Crippen LogP contribution in [-0.4, -0.2) is 47.9 Å². The number of likely N-dealkylation sites (tertiary alicyclic amines) is 1. The summed E-state index contributed by atoms with van der Waals surface area (Å²) in [4.78, 5) is 28.1. The van der Waals surface area contributed by atoms with Crippen molar-refractivity contribution < 1.29 is 9.59 Å². The van der Waals surface area contributed by atoms with Crippen LogP contribution in [0.3, 0.4) is 0 Å². The van der Waals surface area contributed by atoms with E-state index in [0.29, 0.717) is 12.3 Å².